The lowest BCUT2D eigenvalue weighted by Gasteiger charge is -2.26. The van der Waals surface area contributed by atoms with Gasteiger partial charge in [-0.3, -0.25) is 4.79 Å². The van der Waals surface area contributed by atoms with Crippen LogP contribution in [0.3, 0.4) is 0 Å². The molecule has 22 heavy (non-hydrogen) atoms. The van der Waals surface area contributed by atoms with Crippen LogP contribution >= 0.6 is 12.4 Å². The first-order valence-corrected chi connectivity index (χ1v) is 7.37. The second-order valence-corrected chi connectivity index (χ2v) is 6.06. The summed E-state index contributed by atoms with van der Waals surface area (Å²) in [4.78, 5) is 11.9. The largest absolute Gasteiger partial charge is 0.454 e. The summed E-state index contributed by atoms with van der Waals surface area (Å²) < 4.78 is 10.7. The van der Waals surface area contributed by atoms with Gasteiger partial charge in [0.25, 0.3) is 0 Å². The fourth-order valence-electron chi connectivity index (χ4n) is 2.30. The molecule has 5 nitrogen and oxygen atoms in total. The molecular weight excluding hydrogens is 304 g/mol. The van der Waals surface area contributed by atoms with Gasteiger partial charge in [-0.1, -0.05) is 33.3 Å². The van der Waals surface area contributed by atoms with E-state index in [1.807, 2.05) is 25.1 Å². The van der Waals surface area contributed by atoms with E-state index in [9.17, 15) is 4.79 Å². The minimum absolute atomic E-state index is 0. The summed E-state index contributed by atoms with van der Waals surface area (Å²) >= 11 is 0. The molecule has 1 aromatic rings. The molecule has 6 heteroatoms. The third-order valence-electron chi connectivity index (χ3n) is 3.80. The van der Waals surface area contributed by atoms with Crippen molar-refractivity contribution in [3.05, 3.63) is 23.8 Å². The molecule has 124 valence electrons. The molecule has 1 aliphatic heterocycles. The van der Waals surface area contributed by atoms with E-state index < -0.39 is 6.04 Å². The van der Waals surface area contributed by atoms with Gasteiger partial charge in [0.15, 0.2) is 11.5 Å². The summed E-state index contributed by atoms with van der Waals surface area (Å²) in [7, 11) is 0. The van der Waals surface area contributed by atoms with Crippen LogP contribution in [0.15, 0.2) is 18.2 Å². The number of nitrogens with two attached hydrogens (primary N) is 1. The number of hydrogen-bond donors (Lipinski definition) is 2. The minimum Gasteiger partial charge on any atom is -0.454 e. The normalized spacial score (nSPS) is 14.2. The third kappa shape index (κ3) is 4.27. The maximum Gasteiger partial charge on any atom is 0.236 e. The minimum atomic E-state index is -0.428. The Morgan fingerprint density at radius 1 is 1.36 bits per heavy atom. The standard InChI is InChI=1S/C16H24N2O3.ClH/c1-4-5-12(17)15(19)18-9-16(2,3)11-6-7-13-14(8-11)21-10-20-13;/h6-8,12H,4-5,9-10,17H2,1-3H3,(H,18,19);1H. The van der Waals surface area contributed by atoms with Crippen LogP contribution in [-0.2, 0) is 10.2 Å². The van der Waals surface area contributed by atoms with Gasteiger partial charge in [0, 0.05) is 12.0 Å². The molecule has 1 unspecified atom stereocenters. The Morgan fingerprint density at radius 3 is 2.73 bits per heavy atom. The van der Waals surface area contributed by atoms with E-state index in [-0.39, 0.29) is 30.5 Å². The molecule has 0 aromatic heterocycles. The fraction of sp³-hybridized carbons (Fsp3) is 0.562. The number of ether oxygens (including phenoxy) is 2. The van der Waals surface area contributed by atoms with Gasteiger partial charge in [0.1, 0.15) is 0 Å². The molecule has 0 saturated carbocycles. The molecule has 0 saturated heterocycles. The predicted molar refractivity (Wildman–Crippen MR) is 88.7 cm³/mol. The molecule has 0 aliphatic carbocycles. The number of carbonyl (C=O) groups is 1. The van der Waals surface area contributed by atoms with Crippen LogP contribution in [-0.4, -0.2) is 25.3 Å². The van der Waals surface area contributed by atoms with Crippen molar-refractivity contribution >= 4 is 18.3 Å². The number of carbonyl (C=O) groups excluding carboxylic acids is 1. The number of nitrogens with one attached hydrogen (secondary N) is 1. The zero-order valence-corrected chi connectivity index (χ0v) is 14.2. The van der Waals surface area contributed by atoms with E-state index in [0.717, 1.165) is 23.5 Å². The first-order chi connectivity index (χ1) is 9.94. The van der Waals surface area contributed by atoms with Gasteiger partial charge in [-0.2, -0.15) is 0 Å². The number of fused-ring (bicyclic) bond motifs is 1. The molecule has 1 heterocycles. The van der Waals surface area contributed by atoms with Crippen LogP contribution in [0.25, 0.3) is 0 Å². The van der Waals surface area contributed by atoms with Gasteiger partial charge in [-0.15, -0.1) is 12.4 Å². The molecule has 3 N–H and O–H groups in total. The average Bonchev–Trinajstić information content (AvgIpc) is 2.92. The Balaban J connectivity index is 0.00000242. The van der Waals surface area contributed by atoms with Gasteiger partial charge in [-0.25, -0.2) is 0 Å². The van der Waals surface area contributed by atoms with Crippen molar-refractivity contribution in [3.63, 3.8) is 0 Å². The van der Waals surface area contributed by atoms with Gasteiger partial charge < -0.3 is 20.5 Å². The topological polar surface area (TPSA) is 73.6 Å². The molecule has 1 amide bonds. The molecule has 0 fully saturated rings. The summed E-state index contributed by atoms with van der Waals surface area (Å²) in [5.41, 5.74) is 6.71. The van der Waals surface area contributed by atoms with Crippen molar-refractivity contribution in [2.24, 2.45) is 5.73 Å². The quantitative estimate of drug-likeness (QED) is 0.840. The van der Waals surface area contributed by atoms with Crippen LogP contribution in [0.1, 0.15) is 39.2 Å². The Bertz CT molecular complexity index is 520. The highest BCUT2D eigenvalue weighted by Crippen LogP contribution is 2.36. The van der Waals surface area contributed by atoms with E-state index in [2.05, 4.69) is 19.2 Å². The number of halogens is 1. The van der Waals surface area contributed by atoms with Crippen molar-refractivity contribution in [1.29, 1.82) is 0 Å². The Kier molecular flexibility index (Phi) is 6.50. The number of benzene rings is 1. The Hall–Kier alpha value is -1.46. The molecule has 1 aromatic carbocycles. The number of amides is 1. The zero-order valence-electron chi connectivity index (χ0n) is 13.3. The summed E-state index contributed by atoms with van der Waals surface area (Å²) in [6, 6.07) is 5.46. The smallest absolute Gasteiger partial charge is 0.236 e. The maximum absolute atomic E-state index is 11.9. The van der Waals surface area contributed by atoms with E-state index >= 15 is 0 Å². The lowest BCUT2D eigenvalue weighted by molar-refractivity contribution is -0.122. The Morgan fingerprint density at radius 2 is 2.05 bits per heavy atom. The maximum atomic E-state index is 11.9. The van der Waals surface area contributed by atoms with Crippen molar-refractivity contribution in [2.75, 3.05) is 13.3 Å². The lowest BCUT2D eigenvalue weighted by atomic mass is 9.84. The molecule has 1 atom stereocenters. The van der Waals surface area contributed by atoms with Crippen LogP contribution in [0.5, 0.6) is 11.5 Å². The number of rotatable bonds is 6. The predicted octanol–water partition coefficient (Wildman–Crippen LogP) is 2.36. The fourth-order valence-corrected chi connectivity index (χ4v) is 2.30. The second kappa shape index (κ2) is 7.70. The van der Waals surface area contributed by atoms with Crippen molar-refractivity contribution in [2.45, 2.75) is 45.1 Å². The van der Waals surface area contributed by atoms with Crippen molar-refractivity contribution in [1.82, 2.24) is 5.32 Å². The average molecular weight is 329 g/mol. The monoisotopic (exact) mass is 328 g/mol. The second-order valence-electron chi connectivity index (χ2n) is 6.06. The van der Waals surface area contributed by atoms with Crippen LogP contribution < -0.4 is 20.5 Å². The van der Waals surface area contributed by atoms with Crippen molar-refractivity contribution < 1.29 is 14.3 Å². The lowest BCUT2D eigenvalue weighted by Crippen LogP contribution is -2.45. The molecule has 0 radical (unpaired) electrons. The summed E-state index contributed by atoms with van der Waals surface area (Å²) in [5.74, 6) is 1.43. The zero-order chi connectivity index (χ0) is 15.5. The third-order valence-corrected chi connectivity index (χ3v) is 3.80. The molecule has 2 rings (SSSR count). The highest BCUT2D eigenvalue weighted by atomic mass is 35.5. The summed E-state index contributed by atoms with van der Waals surface area (Å²) in [6.45, 7) is 6.97. The highest BCUT2D eigenvalue weighted by Gasteiger charge is 2.25. The van der Waals surface area contributed by atoms with Gasteiger partial charge in [-0.05, 0) is 24.1 Å². The first-order valence-electron chi connectivity index (χ1n) is 7.37. The SMILES string of the molecule is CCCC(N)C(=O)NCC(C)(C)c1ccc2c(c1)OCO2.Cl. The van der Waals surface area contributed by atoms with E-state index in [1.54, 1.807) is 0 Å². The van der Waals surface area contributed by atoms with Gasteiger partial charge >= 0.3 is 0 Å². The van der Waals surface area contributed by atoms with E-state index in [4.69, 9.17) is 15.2 Å². The highest BCUT2D eigenvalue weighted by molar-refractivity contribution is 5.85. The first kappa shape index (κ1) is 18.6. The van der Waals surface area contributed by atoms with E-state index in [0.29, 0.717) is 13.0 Å². The van der Waals surface area contributed by atoms with Crippen LogP contribution in [0.2, 0.25) is 0 Å². The molecular formula is C16H25ClN2O3. The van der Waals surface area contributed by atoms with E-state index in [1.165, 1.54) is 0 Å². The molecule has 1 aliphatic rings. The number of hydrogen-bond acceptors (Lipinski definition) is 4. The Labute approximate surface area is 138 Å². The van der Waals surface area contributed by atoms with Crippen molar-refractivity contribution in [3.8, 4) is 11.5 Å². The van der Waals surface area contributed by atoms with Crippen LogP contribution in [0, 0.1) is 0 Å². The summed E-state index contributed by atoms with van der Waals surface area (Å²) in [5, 5.41) is 2.94. The van der Waals surface area contributed by atoms with Crippen LogP contribution in [0.4, 0.5) is 0 Å². The molecule has 0 spiro atoms. The van der Waals surface area contributed by atoms with Gasteiger partial charge in [0.05, 0.1) is 6.04 Å². The molecule has 0 bridgehead atoms. The van der Waals surface area contributed by atoms with Gasteiger partial charge in [0.2, 0.25) is 12.7 Å². The summed E-state index contributed by atoms with van der Waals surface area (Å²) in [6.07, 6.45) is 1.61.